The van der Waals surface area contributed by atoms with Gasteiger partial charge < -0.3 is 10.0 Å². The molecule has 1 aliphatic rings. The van der Waals surface area contributed by atoms with Crippen molar-refractivity contribution in [2.45, 2.75) is 39.3 Å². The molecule has 1 atom stereocenters. The van der Waals surface area contributed by atoms with E-state index in [0.29, 0.717) is 6.04 Å². The molecule has 0 amide bonds. The first-order valence-electron chi connectivity index (χ1n) is 7.32. The van der Waals surface area contributed by atoms with Gasteiger partial charge in [0.15, 0.2) is 0 Å². The fourth-order valence-corrected chi connectivity index (χ4v) is 2.68. The topological polar surface area (TPSA) is 26.7 Å². The molecule has 1 heterocycles. The second-order valence-electron chi connectivity index (χ2n) is 5.84. The van der Waals surface area contributed by atoms with Gasteiger partial charge in [-0.3, -0.25) is 4.90 Å². The van der Waals surface area contributed by atoms with Crippen molar-refractivity contribution in [2.24, 2.45) is 0 Å². The van der Waals surface area contributed by atoms with Crippen molar-refractivity contribution in [3.05, 3.63) is 29.8 Å². The first-order chi connectivity index (χ1) is 9.06. The quantitative estimate of drug-likeness (QED) is 0.900. The van der Waals surface area contributed by atoms with E-state index in [0.717, 1.165) is 32.6 Å². The number of anilines is 1. The monoisotopic (exact) mass is 262 g/mol. The molecule has 1 aromatic rings. The number of hydrogen-bond acceptors (Lipinski definition) is 3. The number of nitrogens with zero attached hydrogens (tertiary/aromatic N) is 2. The predicted octanol–water partition coefficient (Wildman–Crippen LogP) is 2.14. The maximum absolute atomic E-state index is 9.39. The standard InChI is InChI=1S/C16H26N2O/c1-13(2)17-8-10-18(11-9-17)16-6-4-15(5-7-16)12-14(3)19/h4-7,13-14,19H,8-12H2,1-3H3. The summed E-state index contributed by atoms with van der Waals surface area (Å²) >= 11 is 0. The van der Waals surface area contributed by atoms with E-state index in [1.165, 1.54) is 11.3 Å². The van der Waals surface area contributed by atoms with Gasteiger partial charge in [0.1, 0.15) is 0 Å². The van der Waals surface area contributed by atoms with E-state index in [9.17, 15) is 5.11 Å². The van der Waals surface area contributed by atoms with Gasteiger partial charge in [-0.05, 0) is 44.9 Å². The average molecular weight is 262 g/mol. The maximum atomic E-state index is 9.39. The van der Waals surface area contributed by atoms with Crippen molar-refractivity contribution >= 4 is 5.69 Å². The second-order valence-corrected chi connectivity index (χ2v) is 5.84. The van der Waals surface area contributed by atoms with Crippen LogP contribution < -0.4 is 4.90 Å². The Morgan fingerprint density at radius 1 is 1.00 bits per heavy atom. The van der Waals surface area contributed by atoms with Crippen LogP contribution in [0.2, 0.25) is 0 Å². The van der Waals surface area contributed by atoms with Gasteiger partial charge in [0.25, 0.3) is 0 Å². The fraction of sp³-hybridized carbons (Fsp3) is 0.625. The first-order valence-corrected chi connectivity index (χ1v) is 7.32. The SMILES string of the molecule is CC(O)Cc1ccc(N2CCN(C(C)C)CC2)cc1. The molecule has 1 saturated heterocycles. The van der Waals surface area contributed by atoms with Crippen LogP contribution >= 0.6 is 0 Å². The van der Waals surface area contributed by atoms with Gasteiger partial charge >= 0.3 is 0 Å². The zero-order valence-electron chi connectivity index (χ0n) is 12.3. The van der Waals surface area contributed by atoms with Gasteiger partial charge in [0.2, 0.25) is 0 Å². The molecular weight excluding hydrogens is 236 g/mol. The van der Waals surface area contributed by atoms with Crippen LogP contribution in [-0.2, 0) is 6.42 Å². The average Bonchev–Trinajstić information content (AvgIpc) is 2.39. The number of aliphatic hydroxyl groups excluding tert-OH is 1. The van der Waals surface area contributed by atoms with E-state index in [2.05, 4.69) is 47.9 Å². The molecule has 1 aliphatic heterocycles. The van der Waals surface area contributed by atoms with Crippen molar-refractivity contribution in [1.82, 2.24) is 4.90 Å². The largest absolute Gasteiger partial charge is 0.393 e. The highest BCUT2D eigenvalue weighted by Gasteiger charge is 2.18. The summed E-state index contributed by atoms with van der Waals surface area (Å²) in [5.41, 5.74) is 2.51. The zero-order chi connectivity index (χ0) is 13.8. The first kappa shape index (κ1) is 14.4. The summed E-state index contributed by atoms with van der Waals surface area (Å²) in [6.45, 7) is 10.9. The van der Waals surface area contributed by atoms with E-state index in [4.69, 9.17) is 0 Å². The van der Waals surface area contributed by atoms with Gasteiger partial charge in [0.05, 0.1) is 6.10 Å². The van der Waals surface area contributed by atoms with Crippen LogP contribution in [0.1, 0.15) is 26.3 Å². The number of hydrogen-bond donors (Lipinski definition) is 1. The molecule has 2 rings (SSSR count). The van der Waals surface area contributed by atoms with Crippen LogP contribution in [0, 0.1) is 0 Å². The molecule has 1 N–H and O–H groups in total. The smallest absolute Gasteiger partial charge is 0.0552 e. The summed E-state index contributed by atoms with van der Waals surface area (Å²) in [5, 5.41) is 9.39. The van der Waals surface area contributed by atoms with E-state index in [1.54, 1.807) is 0 Å². The Hall–Kier alpha value is -1.06. The maximum Gasteiger partial charge on any atom is 0.0552 e. The summed E-state index contributed by atoms with van der Waals surface area (Å²) in [5.74, 6) is 0. The molecule has 19 heavy (non-hydrogen) atoms. The van der Waals surface area contributed by atoms with Crippen LogP contribution in [0.4, 0.5) is 5.69 Å². The Kier molecular flexibility index (Phi) is 4.83. The highest BCUT2D eigenvalue weighted by Crippen LogP contribution is 2.18. The van der Waals surface area contributed by atoms with E-state index in [-0.39, 0.29) is 6.10 Å². The number of benzene rings is 1. The molecule has 1 aromatic carbocycles. The molecule has 0 aromatic heterocycles. The van der Waals surface area contributed by atoms with E-state index in [1.807, 2.05) is 6.92 Å². The van der Waals surface area contributed by atoms with Crippen LogP contribution in [0.25, 0.3) is 0 Å². The van der Waals surface area contributed by atoms with Crippen LogP contribution in [0.5, 0.6) is 0 Å². The van der Waals surface area contributed by atoms with Crippen molar-refractivity contribution in [3.8, 4) is 0 Å². The molecule has 3 heteroatoms. The van der Waals surface area contributed by atoms with Crippen molar-refractivity contribution < 1.29 is 5.11 Å². The highest BCUT2D eigenvalue weighted by molar-refractivity contribution is 5.48. The third kappa shape index (κ3) is 3.95. The Morgan fingerprint density at radius 2 is 1.58 bits per heavy atom. The van der Waals surface area contributed by atoms with Crippen LogP contribution in [-0.4, -0.2) is 48.3 Å². The lowest BCUT2D eigenvalue weighted by Crippen LogP contribution is -2.48. The van der Waals surface area contributed by atoms with E-state index < -0.39 is 0 Å². The molecule has 0 radical (unpaired) electrons. The minimum atomic E-state index is -0.263. The summed E-state index contributed by atoms with van der Waals surface area (Å²) in [6, 6.07) is 9.29. The lowest BCUT2D eigenvalue weighted by molar-refractivity contribution is 0.195. The molecule has 0 saturated carbocycles. The Labute approximate surface area is 116 Å². The summed E-state index contributed by atoms with van der Waals surface area (Å²) < 4.78 is 0. The van der Waals surface area contributed by atoms with Gasteiger partial charge in [-0.1, -0.05) is 12.1 Å². The van der Waals surface area contributed by atoms with Crippen LogP contribution in [0.15, 0.2) is 24.3 Å². The number of aliphatic hydroxyl groups is 1. The Morgan fingerprint density at radius 3 is 2.05 bits per heavy atom. The van der Waals surface area contributed by atoms with Crippen LogP contribution in [0.3, 0.4) is 0 Å². The summed E-state index contributed by atoms with van der Waals surface area (Å²) in [7, 11) is 0. The Bertz CT molecular complexity index is 378. The van der Waals surface area contributed by atoms with Gasteiger partial charge in [-0.15, -0.1) is 0 Å². The van der Waals surface area contributed by atoms with E-state index >= 15 is 0 Å². The molecule has 3 nitrogen and oxygen atoms in total. The van der Waals surface area contributed by atoms with Crippen molar-refractivity contribution in [1.29, 1.82) is 0 Å². The lowest BCUT2D eigenvalue weighted by Gasteiger charge is -2.38. The predicted molar refractivity (Wildman–Crippen MR) is 80.7 cm³/mol. The molecule has 0 aliphatic carbocycles. The third-order valence-corrected chi connectivity index (χ3v) is 3.88. The van der Waals surface area contributed by atoms with Crippen molar-refractivity contribution in [3.63, 3.8) is 0 Å². The molecular formula is C16H26N2O. The minimum absolute atomic E-state index is 0.263. The lowest BCUT2D eigenvalue weighted by atomic mass is 10.1. The Balaban J connectivity index is 1.92. The minimum Gasteiger partial charge on any atom is -0.393 e. The fourth-order valence-electron chi connectivity index (χ4n) is 2.68. The van der Waals surface area contributed by atoms with Gasteiger partial charge in [-0.2, -0.15) is 0 Å². The molecule has 1 fully saturated rings. The molecule has 1 unspecified atom stereocenters. The van der Waals surface area contributed by atoms with Gasteiger partial charge in [0, 0.05) is 37.9 Å². The second kappa shape index (κ2) is 6.40. The normalized spacial score (nSPS) is 18.9. The van der Waals surface area contributed by atoms with Gasteiger partial charge in [-0.25, -0.2) is 0 Å². The number of rotatable bonds is 4. The molecule has 0 bridgehead atoms. The highest BCUT2D eigenvalue weighted by atomic mass is 16.3. The third-order valence-electron chi connectivity index (χ3n) is 3.88. The number of piperazine rings is 1. The summed E-state index contributed by atoms with van der Waals surface area (Å²) in [4.78, 5) is 4.98. The molecule has 106 valence electrons. The zero-order valence-corrected chi connectivity index (χ0v) is 12.3. The molecule has 0 spiro atoms. The van der Waals surface area contributed by atoms with Crippen molar-refractivity contribution in [2.75, 3.05) is 31.1 Å². The summed E-state index contributed by atoms with van der Waals surface area (Å²) in [6.07, 6.45) is 0.474.